The Hall–Kier alpha value is -3.37. The van der Waals surface area contributed by atoms with E-state index < -0.39 is 11.7 Å². The van der Waals surface area contributed by atoms with Crippen LogP contribution in [0.4, 0.5) is 15.8 Å². The summed E-state index contributed by atoms with van der Waals surface area (Å²) in [6, 6.07) is 13.4. The van der Waals surface area contributed by atoms with Crippen LogP contribution >= 0.6 is 0 Å². The molecular formula is C22H22FN3O3. The second-order valence-corrected chi connectivity index (χ2v) is 6.39. The molecule has 7 heteroatoms. The van der Waals surface area contributed by atoms with E-state index in [1.165, 1.54) is 12.1 Å². The second kappa shape index (κ2) is 9.71. The van der Waals surface area contributed by atoms with Gasteiger partial charge in [0, 0.05) is 18.8 Å². The molecule has 0 unspecified atom stereocenters. The molecule has 0 atom stereocenters. The van der Waals surface area contributed by atoms with E-state index in [0.29, 0.717) is 55.6 Å². The van der Waals surface area contributed by atoms with Gasteiger partial charge in [-0.25, -0.2) is 4.39 Å². The number of halogens is 1. The molecule has 1 fully saturated rings. The standard InChI is InChI=1S/C22H22FN3O3/c1-2-29-19-6-4-18(5-7-19)25-22(27)17(15-24)13-16-3-8-21(20(23)14-16)26-9-11-28-12-10-26/h3-8,13-14H,2,9-12H2,1H3,(H,25,27)/b17-13-. The average Bonchev–Trinajstić information content (AvgIpc) is 2.74. The van der Waals surface area contributed by atoms with E-state index in [2.05, 4.69) is 5.32 Å². The van der Waals surface area contributed by atoms with E-state index >= 15 is 0 Å². The largest absolute Gasteiger partial charge is 0.494 e. The van der Waals surface area contributed by atoms with Gasteiger partial charge in [-0.1, -0.05) is 6.07 Å². The van der Waals surface area contributed by atoms with Gasteiger partial charge in [0.05, 0.1) is 25.5 Å². The summed E-state index contributed by atoms with van der Waals surface area (Å²) in [6.45, 7) is 4.81. The molecule has 0 radical (unpaired) electrons. The van der Waals surface area contributed by atoms with Crippen molar-refractivity contribution >= 4 is 23.4 Å². The van der Waals surface area contributed by atoms with Crippen molar-refractivity contribution in [3.8, 4) is 11.8 Å². The average molecular weight is 395 g/mol. The van der Waals surface area contributed by atoms with Crippen LogP contribution in [0, 0.1) is 17.1 Å². The number of morpholine rings is 1. The van der Waals surface area contributed by atoms with Crippen LogP contribution in [0.1, 0.15) is 12.5 Å². The third kappa shape index (κ3) is 5.33. The molecule has 150 valence electrons. The summed E-state index contributed by atoms with van der Waals surface area (Å²) in [6.07, 6.45) is 1.37. The van der Waals surface area contributed by atoms with Crippen LogP contribution in [0.3, 0.4) is 0 Å². The zero-order valence-electron chi connectivity index (χ0n) is 16.2. The van der Waals surface area contributed by atoms with E-state index in [1.54, 1.807) is 36.4 Å². The molecule has 2 aromatic carbocycles. The molecule has 0 aliphatic carbocycles. The highest BCUT2D eigenvalue weighted by atomic mass is 19.1. The van der Waals surface area contributed by atoms with Crippen LogP contribution in [0.15, 0.2) is 48.0 Å². The highest BCUT2D eigenvalue weighted by Crippen LogP contribution is 2.23. The zero-order valence-corrected chi connectivity index (χ0v) is 16.2. The van der Waals surface area contributed by atoms with Crippen LogP contribution in [0.5, 0.6) is 5.75 Å². The van der Waals surface area contributed by atoms with Gasteiger partial charge in [-0.15, -0.1) is 0 Å². The zero-order chi connectivity index (χ0) is 20.6. The van der Waals surface area contributed by atoms with Crippen molar-refractivity contribution < 1.29 is 18.7 Å². The first-order valence-corrected chi connectivity index (χ1v) is 9.39. The van der Waals surface area contributed by atoms with Gasteiger partial charge in [0.1, 0.15) is 23.2 Å². The molecular weight excluding hydrogens is 373 g/mol. The Morgan fingerprint density at radius 1 is 1.28 bits per heavy atom. The molecule has 0 spiro atoms. The topological polar surface area (TPSA) is 74.6 Å². The Morgan fingerprint density at radius 3 is 2.62 bits per heavy atom. The summed E-state index contributed by atoms with van der Waals surface area (Å²) in [5.74, 6) is -0.267. The number of amides is 1. The summed E-state index contributed by atoms with van der Waals surface area (Å²) in [4.78, 5) is 14.3. The van der Waals surface area contributed by atoms with Crippen molar-refractivity contribution in [3.05, 3.63) is 59.4 Å². The lowest BCUT2D eigenvalue weighted by atomic mass is 10.1. The monoisotopic (exact) mass is 395 g/mol. The first-order chi connectivity index (χ1) is 14.1. The molecule has 1 aliphatic heterocycles. The molecule has 1 aliphatic rings. The minimum atomic E-state index is -0.561. The minimum Gasteiger partial charge on any atom is -0.494 e. The van der Waals surface area contributed by atoms with Crippen LogP contribution in [0.2, 0.25) is 0 Å². The van der Waals surface area contributed by atoms with Crippen LogP contribution in [-0.4, -0.2) is 38.8 Å². The first kappa shape index (κ1) is 20.4. The van der Waals surface area contributed by atoms with Crippen molar-refractivity contribution in [2.45, 2.75) is 6.92 Å². The lowest BCUT2D eigenvalue weighted by molar-refractivity contribution is -0.112. The first-order valence-electron chi connectivity index (χ1n) is 9.39. The Labute approximate surface area is 169 Å². The summed E-state index contributed by atoms with van der Waals surface area (Å²) < 4.78 is 25.2. The maximum Gasteiger partial charge on any atom is 0.266 e. The van der Waals surface area contributed by atoms with Gasteiger partial charge in [-0.2, -0.15) is 5.26 Å². The van der Waals surface area contributed by atoms with Crippen LogP contribution < -0.4 is 15.0 Å². The number of rotatable bonds is 6. The maximum absolute atomic E-state index is 14.5. The lowest BCUT2D eigenvalue weighted by Crippen LogP contribution is -2.36. The number of nitrogens with zero attached hydrogens (tertiary/aromatic N) is 2. The van der Waals surface area contributed by atoms with Crippen LogP contribution in [0.25, 0.3) is 6.08 Å². The maximum atomic E-state index is 14.5. The molecule has 0 saturated carbocycles. The Kier molecular flexibility index (Phi) is 6.82. The summed E-state index contributed by atoms with van der Waals surface area (Å²) in [5.41, 5.74) is 1.35. The van der Waals surface area contributed by atoms with Gasteiger partial charge in [0.2, 0.25) is 0 Å². The summed E-state index contributed by atoms with van der Waals surface area (Å²) >= 11 is 0. The molecule has 2 aromatic rings. The van der Waals surface area contributed by atoms with Crippen molar-refractivity contribution in [3.63, 3.8) is 0 Å². The third-order valence-electron chi connectivity index (χ3n) is 4.42. The molecule has 6 nitrogen and oxygen atoms in total. The Morgan fingerprint density at radius 2 is 2.00 bits per heavy atom. The highest BCUT2D eigenvalue weighted by Gasteiger charge is 2.16. The molecule has 1 saturated heterocycles. The second-order valence-electron chi connectivity index (χ2n) is 6.39. The minimum absolute atomic E-state index is 0.114. The fraction of sp³-hybridized carbons (Fsp3) is 0.273. The van der Waals surface area contributed by atoms with Gasteiger partial charge in [0.15, 0.2) is 0 Å². The molecule has 0 aromatic heterocycles. The van der Waals surface area contributed by atoms with Crippen molar-refractivity contribution in [1.29, 1.82) is 5.26 Å². The van der Waals surface area contributed by atoms with Gasteiger partial charge < -0.3 is 19.7 Å². The Bertz CT molecular complexity index is 929. The number of anilines is 2. The van der Waals surface area contributed by atoms with E-state index in [1.807, 2.05) is 17.9 Å². The quantitative estimate of drug-likeness (QED) is 0.597. The normalized spacial score (nSPS) is 14.2. The number of hydrogen-bond acceptors (Lipinski definition) is 5. The molecule has 1 N–H and O–H groups in total. The number of carbonyl (C=O) groups is 1. The summed E-state index contributed by atoms with van der Waals surface area (Å²) in [5, 5.41) is 12.0. The summed E-state index contributed by atoms with van der Waals surface area (Å²) in [7, 11) is 0. The number of nitriles is 1. The molecule has 1 heterocycles. The van der Waals surface area contributed by atoms with Gasteiger partial charge in [-0.05, 0) is 55.0 Å². The number of ether oxygens (including phenoxy) is 2. The molecule has 1 amide bonds. The van der Waals surface area contributed by atoms with Gasteiger partial charge in [0.25, 0.3) is 5.91 Å². The van der Waals surface area contributed by atoms with E-state index in [4.69, 9.17) is 9.47 Å². The lowest BCUT2D eigenvalue weighted by Gasteiger charge is -2.29. The number of hydrogen-bond donors (Lipinski definition) is 1. The fourth-order valence-corrected chi connectivity index (χ4v) is 2.99. The van der Waals surface area contributed by atoms with Crippen molar-refractivity contribution in [2.75, 3.05) is 43.1 Å². The predicted octanol–water partition coefficient (Wildman–Crippen LogP) is 3.61. The van der Waals surface area contributed by atoms with Crippen LogP contribution in [-0.2, 0) is 9.53 Å². The Balaban J connectivity index is 1.72. The van der Waals surface area contributed by atoms with E-state index in [9.17, 15) is 14.4 Å². The van der Waals surface area contributed by atoms with Gasteiger partial charge >= 0.3 is 0 Å². The van der Waals surface area contributed by atoms with E-state index in [-0.39, 0.29) is 5.57 Å². The number of benzene rings is 2. The SMILES string of the molecule is CCOc1ccc(NC(=O)/C(C#N)=C\c2ccc(N3CCOCC3)c(F)c2)cc1. The number of carbonyl (C=O) groups excluding carboxylic acids is 1. The highest BCUT2D eigenvalue weighted by molar-refractivity contribution is 6.09. The molecule has 3 rings (SSSR count). The van der Waals surface area contributed by atoms with E-state index in [0.717, 1.165) is 0 Å². The predicted molar refractivity (Wildman–Crippen MR) is 109 cm³/mol. The molecule has 29 heavy (non-hydrogen) atoms. The fourth-order valence-electron chi connectivity index (χ4n) is 2.99. The smallest absolute Gasteiger partial charge is 0.266 e. The van der Waals surface area contributed by atoms with Crippen molar-refractivity contribution in [2.24, 2.45) is 0 Å². The number of nitrogens with one attached hydrogen (secondary N) is 1. The van der Waals surface area contributed by atoms with Crippen molar-refractivity contribution in [1.82, 2.24) is 0 Å². The molecule has 0 bridgehead atoms. The van der Waals surface area contributed by atoms with Gasteiger partial charge in [-0.3, -0.25) is 4.79 Å². The third-order valence-corrected chi connectivity index (χ3v) is 4.42.